The Hall–Kier alpha value is -2.10. The van der Waals surface area contributed by atoms with Crippen LogP contribution in [0, 0.1) is 11.8 Å². The van der Waals surface area contributed by atoms with Gasteiger partial charge in [-0.1, -0.05) is 19.1 Å². The van der Waals surface area contributed by atoms with Gasteiger partial charge in [0.25, 0.3) is 0 Å². The number of carbonyl (C=O) groups excluding carboxylic acids is 1. The van der Waals surface area contributed by atoms with E-state index in [9.17, 15) is 31.2 Å². The molecule has 10 heteroatoms. The molecule has 1 aromatic carbocycles. The van der Waals surface area contributed by atoms with E-state index >= 15 is 0 Å². The molecule has 1 fully saturated rings. The molecule has 1 amide bonds. The molecule has 2 atom stereocenters. The van der Waals surface area contributed by atoms with Gasteiger partial charge in [-0.15, -0.1) is 0 Å². The van der Waals surface area contributed by atoms with E-state index in [1.54, 1.807) is 0 Å². The molecule has 26 heavy (non-hydrogen) atoms. The summed E-state index contributed by atoms with van der Waals surface area (Å²) in [4.78, 5) is 24.3. The molecule has 0 saturated carbocycles. The minimum atomic E-state index is -4.70. The quantitative estimate of drug-likeness (QED) is 0.823. The van der Waals surface area contributed by atoms with Crippen LogP contribution in [0.3, 0.4) is 0 Å². The van der Waals surface area contributed by atoms with Crippen LogP contribution in [0.5, 0.6) is 0 Å². The molecule has 2 rings (SSSR count). The van der Waals surface area contributed by atoms with E-state index in [-0.39, 0.29) is 17.1 Å². The number of alkyl halides is 3. The van der Waals surface area contributed by atoms with Crippen LogP contribution in [0.4, 0.5) is 13.2 Å². The van der Waals surface area contributed by atoms with Crippen LogP contribution < -0.4 is 0 Å². The molecule has 0 bridgehead atoms. The van der Waals surface area contributed by atoms with Gasteiger partial charge in [0, 0.05) is 13.1 Å². The number of rotatable bonds is 5. The van der Waals surface area contributed by atoms with Crippen molar-refractivity contribution in [1.82, 2.24) is 4.90 Å². The maximum absolute atomic E-state index is 13.0. The number of hydrogen-bond donors (Lipinski definition) is 1. The second-order valence-electron chi connectivity index (χ2n) is 6.12. The van der Waals surface area contributed by atoms with Crippen LogP contribution in [0.15, 0.2) is 29.2 Å². The molecule has 0 spiro atoms. The minimum Gasteiger partial charge on any atom is -0.481 e. The fourth-order valence-corrected chi connectivity index (χ4v) is 3.74. The SMILES string of the molecule is CCS(=O)(=O)c1ccc(CC(=O)N2C[C@@H](C(F)(F)F)[C@H](C(=O)O)C2)cc1. The van der Waals surface area contributed by atoms with Crippen molar-refractivity contribution in [3.8, 4) is 0 Å². The van der Waals surface area contributed by atoms with Gasteiger partial charge in [0.15, 0.2) is 9.84 Å². The first-order chi connectivity index (χ1) is 12.0. The summed E-state index contributed by atoms with van der Waals surface area (Å²) >= 11 is 0. The van der Waals surface area contributed by atoms with Crippen LogP contribution in [0.25, 0.3) is 0 Å². The van der Waals surface area contributed by atoms with Crippen LogP contribution in [-0.2, 0) is 25.8 Å². The summed E-state index contributed by atoms with van der Waals surface area (Å²) in [6.45, 7) is 0.304. The lowest BCUT2D eigenvalue weighted by Gasteiger charge is -2.18. The van der Waals surface area contributed by atoms with Crippen LogP contribution in [0.1, 0.15) is 12.5 Å². The number of sulfone groups is 1. The Morgan fingerprint density at radius 3 is 2.19 bits per heavy atom. The Morgan fingerprint density at radius 1 is 1.19 bits per heavy atom. The highest BCUT2D eigenvalue weighted by atomic mass is 32.2. The Kier molecular flexibility index (Phi) is 5.64. The minimum absolute atomic E-state index is 0.0749. The largest absolute Gasteiger partial charge is 0.481 e. The smallest absolute Gasteiger partial charge is 0.394 e. The zero-order valence-corrected chi connectivity index (χ0v) is 14.7. The summed E-state index contributed by atoms with van der Waals surface area (Å²) < 4.78 is 62.4. The van der Waals surface area contributed by atoms with Gasteiger partial charge in [-0.2, -0.15) is 13.2 Å². The first-order valence-electron chi connectivity index (χ1n) is 7.84. The number of hydrogen-bond acceptors (Lipinski definition) is 4. The van der Waals surface area contributed by atoms with Crippen LogP contribution in [-0.4, -0.2) is 55.3 Å². The maximum Gasteiger partial charge on any atom is 0.394 e. The van der Waals surface area contributed by atoms with Crippen LogP contribution >= 0.6 is 0 Å². The summed E-state index contributed by atoms with van der Waals surface area (Å²) in [6.07, 6.45) is -4.93. The zero-order chi connectivity index (χ0) is 19.7. The normalized spacial score (nSPS) is 21.0. The third-order valence-corrected chi connectivity index (χ3v) is 6.18. The number of likely N-dealkylation sites (tertiary alicyclic amines) is 1. The van der Waals surface area contributed by atoms with Gasteiger partial charge in [0.05, 0.1) is 28.9 Å². The summed E-state index contributed by atoms with van der Waals surface area (Å²) in [5.41, 5.74) is 0.437. The second-order valence-corrected chi connectivity index (χ2v) is 8.39. The molecular formula is C16H18F3NO5S. The van der Waals surface area contributed by atoms with E-state index < -0.39 is 52.8 Å². The van der Waals surface area contributed by atoms with Gasteiger partial charge < -0.3 is 10.0 Å². The number of nitrogens with zero attached hydrogens (tertiary/aromatic N) is 1. The van der Waals surface area contributed by atoms with Gasteiger partial charge in [-0.05, 0) is 17.7 Å². The fourth-order valence-electron chi connectivity index (χ4n) is 2.86. The van der Waals surface area contributed by atoms with Crippen molar-refractivity contribution < 1.29 is 36.3 Å². The lowest BCUT2D eigenvalue weighted by molar-refractivity contribution is -0.188. The summed E-state index contributed by atoms with van der Waals surface area (Å²) in [7, 11) is -3.39. The van der Waals surface area contributed by atoms with E-state index in [1.165, 1.54) is 31.2 Å². The number of carboxylic acids is 1. The molecule has 0 radical (unpaired) electrons. The molecule has 0 unspecified atom stereocenters. The molecular weight excluding hydrogens is 375 g/mol. The van der Waals surface area contributed by atoms with Crippen molar-refractivity contribution >= 4 is 21.7 Å². The number of aliphatic carboxylic acids is 1. The topological polar surface area (TPSA) is 91.8 Å². The molecule has 0 aliphatic carbocycles. The second kappa shape index (κ2) is 7.26. The standard InChI is InChI=1S/C16H18F3NO5S/c1-2-26(24,25)11-5-3-10(4-6-11)7-14(21)20-8-12(15(22)23)13(9-20)16(17,18)19/h3-6,12-13H,2,7-9H2,1H3,(H,22,23)/t12-,13-/m1/s1. The van der Waals surface area contributed by atoms with Crippen molar-refractivity contribution in [3.63, 3.8) is 0 Å². The highest BCUT2D eigenvalue weighted by Gasteiger charge is 2.53. The Morgan fingerprint density at radius 2 is 1.77 bits per heavy atom. The average Bonchev–Trinajstić information content (AvgIpc) is 3.01. The monoisotopic (exact) mass is 393 g/mol. The number of halogens is 3. The molecule has 1 heterocycles. The molecule has 1 aromatic rings. The number of carbonyl (C=O) groups is 2. The van der Waals surface area contributed by atoms with Crippen molar-refractivity contribution in [2.24, 2.45) is 11.8 Å². The van der Waals surface area contributed by atoms with Crippen molar-refractivity contribution in [2.45, 2.75) is 24.4 Å². The lowest BCUT2D eigenvalue weighted by atomic mass is 9.96. The first-order valence-corrected chi connectivity index (χ1v) is 9.50. The third kappa shape index (κ3) is 4.35. The molecule has 144 valence electrons. The Bertz CT molecular complexity index is 789. The van der Waals surface area contributed by atoms with Gasteiger partial charge >= 0.3 is 12.1 Å². The third-order valence-electron chi connectivity index (χ3n) is 4.43. The first kappa shape index (κ1) is 20.2. The van der Waals surface area contributed by atoms with Crippen LogP contribution in [0.2, 0.25) is 0 Å². The highest BCUT2D eigenvalue weighted by molar-refractivity contribution is 7.91. The summed E-state index contributed by atoms with van der Waals surface area (Å²) in [5.74, 6) is -6.07. The number of amides is 1. The summed E-state index contributed by atoms with van der Waals surface area (Å²) in [5, 5.41) is 8.97. The van der Waals surface area contributed by atoms with E-state index in [1.807, 2.05) is 0 Å². The van der Waals surface area contributed by atoms with E-state index in [4.69, 9.17) is 5.11 Å². The number of benzene rings is 1. The lowest BCUT2D eigenvalue weighted by Crippen LogP contribution is -2.34. The number of carboxylic acid groups (broad SMARTS) is 1. The highest BCUT2D eigenvalue weighted by Crippen LogP contribution is 2.37. The van der Waals surface area contributed by atoms with Crippen molar-refractivity contribution in [2.75, 3.05) is 18.8 Å². The average molecular weight is 393 g/mol. The predicted octanol–water partition coefficient (Wildman–Crippen LogP) is 1.74. The van der Waals surface area contributed by atoms with E-state index in [0.717, 1.165) is 4.90 Å². The van der Waals surface area contributed by atoms with Crippen molar-refractivity contribution in [3.05, 3.63) is 29.8 Å². The predicted molar refractivity (Wildman–Crippen MR) is 85.1 cm³/mol. The molecule has 1 saturated heterocycles. The van der Waals surface area contributed by atoms with E-state index in [2.05, 4.69) is 0 Å². The molecule has 0 aromatic heterocycles. The molecule has 1 aliphatic heterocycles. The van der Waals surface area contributed by atoms with Gasteiger partial charge in [-0.25, -0.2) is 8.42 Å². The molecule has 1 aliphatic rings. The molecule has 6 nitrogen and oxygen atoms in total. The zero-order valence-electron chi connectivity index (χ0n) is 13.9. The fraction of sp³-hybridized carbons (Fsp3) is 0.500. The van der Waals surface area contributed by atoms with E-state index in [0.29, 0.717) is 5.56 Å². The Balaban J connectivity index is 2.10. The van der Waals surface area contributed by atoms with Crippen molar-refractivity contribution in [1.29, 1.82) is 0 Å². The van der Waals surface area contributed by atoms with Gasteiger partial charge in [0.1, 0.15) is 0 Å². The summed E-state index contributed by atoms with van der Waals surface area (Å²) in [6, 6.07) is 5.52. The Labute approximate surface area is 148 Å². The van der Waals surface area contributed by atoms with Gasteiger partial charge in [-0.3, -0.25) is 9.59 Å². The maximum atomic E-state index is 13.0. The molecule has 1 N–H and O–H groups in total. The van der Waals surface area contributed by atoms with Gasteiger partial charge in [0.2, 0.25) is 5.91 Å².